The van der Waals surface area contributed by atoms with Crippen LogP contribution in [0.4, 0.5) is 0 Å². The Balaban J connectivity index is 1.74. The van der Waals surface area contributed by atoms with E-state index in [4.69, 9.17) is 9.15 Å². The predicted octanol–water partition coefficient (Wildman–Crippen LogP) is 4.22. The van der Waals surface area contributed by atoms with Crippen molar-refractivity contribution in [2.75, 3.05) is 6.61 Å². The largest absolute Gasteiger partial charge is 0.452 e. The van der Waals surface area contributed by atoms with Gasteiger partial charge in [0, 0.05) is 5.56 Å². The molecule has 0 saturated heterocycles. The van der Waals surface area contributed by atoms with E-state index in [1.807, 2.05) is 44.2 Å². The summed E-state index contributed by atoms with van der Waals surface area (Å²) in [5.41, 5.74) is 0.499. The molecule has 0 radical (unpaired) electrons. The van der Waals surface area contributed by atoms with Gasteiger partial charge in [-0.3, -0.25) is 4.79 Å². The first-order valence-electron chi connectivity index (χ1n) is 9.84. The van der Waals surface area contributed by atoms with E-state index >= 15 is 0 Å². The van der Waals surface area contributed by atoms with E-state index in [0.29, 0.717) is 11.3 Å². The van der Waals surface area contributed by atoms with E-state index in [0.717, 1.165) is 5.56 Å². The molecule has 1 atom stereocenters. The van der Waals surface area contributed by atoms with Gasteiger partial charge in [0.2, 0.25) is 5.89 Å². The Morgan fingerprint density at radius 3 is 2.52 bits per heavy atom. The van der Waals surface area contributed by atoms with Gasteiger partial charge in [-0.05, 0) is 25.0 Å². The molecular formula is C24H23N3O4. The number of rotatable bonds is 7. The van der Waals surface area contributed by atoms with Crippen LogP contribution in [0.1, 0.15) is 31.1 Å². The van der Waals surface area contributed by atoms with Gasteiger partial charge < -0.3 is 14.5 Å². The SMILES string of the molecule is CC(C)[C@](C)(C#N)NC(=O)COC(=O)c1ccccc1-c1ncc(-c2ccccc2)o1. The van der Waals surface area contributed by atoms with Gasteiger partial charge in [-0.15, -0.1) is 0 Å². The minimum atomic E-state index is -1.05. The summed E-state index contributed by atoms with van der Waals surface area (Å²) in [5, 5.41) is 11.9. The molecule has 1 N–H and O–H groups in total. The third-order valence-electron chi connectivity index (χ3n) is 5.06. The molecule has 0 aliphatic heterocycles. The maximum atomic E-state index is 12.7. The number of carbonyl (C=O) groups excluding carboxylic acids is 2. The summed E-state index contributed by atoms with van der Waals surface area (Å²) in [6.07, 6.45) is 1.59. The molecule has 3 rings (SSSR count). The summed E-state index contributed by atoms with van der Waals surface area (Å²) < 4.78 is 11.0. The number of ether oxygens (including phenoxy) is 1. The van der Waals surface area contributed by atoms with Crippen molar-refractivity contribution in [2.24, 2.45) is 5.92 Å². The van der Waals surface area contributed by atoms with Crippen LogP contribution in [0.3, 0.4) is 0 Å². The zero-order valence-corrected chi connectivity index (χ0v) is 17.6. The summed E-state index contributed by atoms with van der Waals surface area (Å²) in [7, 11) is 0. The summed E-state index contributed by atoms with van der Waals surface area (Å²) in [6, 6.07) is 18.3. The van der Waals surface area contributed by atoms with E-state index in [-0.39, 0.29) is 17.4 Å². The second kappa shape index (κ2) is 9.26. The molecule has 3 aromatic rings. The fraction of sp³-hybridized carbons (Fsp3) is 0.250. The van der Waals surface area contributed by atoms with Crippen molar-refractivity contribution in [1.29, 1.82) is 5.26 Å². The minimum absolute atomic E-state index is 0.110. The number of nitriles is 1. The maximum absolute atomic E-state index is 12.7. The van der Waals surface area contributed by atoms with E-state index in [1.54, 1.807) is 37.4 Å². The first-order valence-corrected chi connectivity index (χ1v) is 9.84. The van der Waals surface area contributed by atoms with Crippen molar-refractivity contribution in [3.8, 4) is 28.8 Å². The molecule has 7 nitrogen and oxygen atoms in total. The van der Waals surface area contributed by atoms with Crippen LogP contribution in [0.5, 0.6) is 0 Å². The number of oxazole rings is 1. The van der Waals surface area contributed by atoms with Crippen molar-refractivity contribution < 1.29 is 18.7 Å². The highest BCUT2D eigenvalue weighted by atomic mass is 16.5. The zero-order valence-electron chi connectivity index (χ0n) is 17.6. The van der Waals surface area contributed by atoms with Gasteiger partial charge in [-0.25, -0.2) is 9.78 Å². The van der Waals surface area contributed by atoms with Crippen molar-refractivity contribution in [3.05, 3.63) is 66.4 Å². The van der Waals surface area contributed by atoms with E-state index in [2.05, 4.69) is 16.4 Å². The molecule has 0 aliphatic rings. The van der Waals surface area contributed by atoms with Crippen LogP contribution in [0.25, 0.3) is 22.8 Å². The Morgan fingerprint density at radius 2 is 1.84 bits per heavy atom. The molecule has 0 unspecified atom stereocenters. The zero-order chi connectivity index (χ0) is 22.4. The minimum Gasteiger partial charge on any atom is -0.452 e. The predicted molar refractivity (Wildman–Crippen MR) is 115 cm³/mol. The first kappa shape index (κ1) is 21.8. The summed E-state index contributed by atoms with van der Waals surface area (Å²) in [6.45, 7) is 4.77. The molecule has 1 heterocycles. The van der Waals surface area contributed by atoms with Crippen LogP contribution in [0.15, 0.2) is 65.2 Å². The first-order chi connectivity index (χ1) is 14.8. The molecule has 7 heteroatoms. The lowest BCUT2D eigenvalue weighted by atomic mass is 9.90. The average Bonchev–Trinajstić information content (AvgIpc) is 3.28. The number of hydrogen-bond acceptors (Lipinski definition) is 6. The van der Waals surface area contributed by atoms with Crippen molar-refractivity contribution in [2.45, 2.75) is 26.3 Å². The third-order valence-corrected chi connectivity index (χ3v) is 5.06. The summed E-state index contributed by atoms with van der Waals surface area (Å²) in [4.78, 5) is 29.1. The Bertz CT molecular complexity index is 1120. The Labute approximate surface area is 180 Å². The quantitative estimate of drug-likeness (QED) is 0.577. The van der Waals surface area contributed by atoms with Crippen LogP contribution in [-0.2, 0) is 9.53 Å². The Kier molecular flexibility index (Phi) is 6.51. The van der Waals surface area contributed by atoms with E-state index in [9.17, 15) is 14.9 Å². The molecule has 2 aromatic carbocycles. The molecule has 0 aliphatic carbocycles. The second-order valence-electron chi connectivity index (χ2n) is 7.53. The number of carbonyl (C=O) groups is 2. The Hall–Kier alpha value is -3.92. The number of esters is 1. The fourth-order valence-electron chi connectivity index (χ4n) is 2.82. The number of nitrogens with one attached hydrogen (secondary N) is 1. The standard InChI is InChI=1S/C24H23N3O4/c1-16(2)24(3,15-25)27-21(28)14-30-23(29)19-12-8-7-11-18(19)22-26-13-20(31-22)17-9-5-4-6-10-17/h4-13,16H,14H2,1-3H3,(H,27,28)/t24-/m0/s1. The Morgan fingerprint density at radius 1 is 1.16 bits per heavy atom. The van der Waals surface area contributed by atoms with Gasteiger partial charge in [0.1, 0.15) is 5.54 Å². The molecule has 0 fully saturated rings. The van der Waals surface area contributed by atoms with Gasteiger partial charge in [0.25, 0.3) is 5.91 Å². The lowest BCUT2D eigenvalue weighted by Gasteiger charge is -2.27. The van der Waals surface area contributed by atoms with Gasteiger partial charge in [0.05, 0.1) is 23.4 Å². The van der Waals surface area contributed by atoms with Crippen LogP contribution < -0.4 is 5.32 Å². The molecule has 0 bridgehead atoms. The highest BCUT2D eigenvalue weighted by Crippen LogP contribution is 2.28. The molecule has 31 heavy (non-hydrogen) atoms. The molecular weight excluding hydrogens is 394 g/mol. The number of nitrogens with zero attached hydrogens (tertiary/aromatic N) is 2. The highest BCUT2D eigenvalue weighted by molar-refractivity contribution is 5.97. The van der Waals surface area contributed by atoms with Crippen LogP contribution in [0, 0.1) is 17.2 Å². The van der Waals surface area contributed by atoms with Gasteiger partial charge in [-0.1, -0.05) is 56.3 Å². The van der Waals surface area contributed by atoms with Crippen molar-refractivity contribution >= 4 is 11.9 Å². The van der Waals surface area contributed by atoms with Gasteiger partial charge in [0.15, 0.2) is 12.4 Å². The molecule has 1 aromatic heterocycles. The molecule has 1 amide bonds. The topological polar surface area (TPSA) is 105 Å². The van der Waals surface area contributed by atoms with Crippen molar-refractivity contribution in [1.82, 2.24) is 10.3 Å². The molecule has 0 saturated carbocycles. The normalized spacial score (nSPS) is 12.6. The van der Waals surface area contributed by atoms with Crippen LogP contribution in [-0.4, -0.2) is 29.0 Å². The molecule has 0 spiro atoms. The second-order valence-corrected chi connectivity index (χ2v) is 7.53. The lowest BCUT2D eigenvalue weighted by Crippen LogP contribution is -2.50. The van der Waals surface area contributed by atoms with Gasteiger partial charge in [-0.2, -0.15) is 5.26 Å². The monoisotopic (exact) mass is 417 g/mol. The number of hydrogen-bond donors (Lipinski definition) is 1. The number of aromatic nitrogens is 1. The molecule has 158 valence electrons. The van der Waals surface area contributed by atoms with E-state index < -0.39 is 24.0 Å². The van der Waals surface area contributed by atoms with Gasteiger partial charge >= 0.3 is 5.97 Å². The summed E-state index contributed by atoms with van der Waals surface area (Å²) in [5.74, 6) is -0.503. The number of benzene rings is 2. The lowest BCUT2D eigenvalue weighted by molar-refractivity contribution is -0.125. The highest BCUT2D eigenvalue weighted by Gasteiger charge is 2.30. The number of amides is 1. The van der Waals surface area contributed by atoms with E-state index in [1.165, 1.54) is 0 Å². The third kappa shape index (κ3) is 4.98. The average molecular weight is 417 g/mol. The fourth-order valence-corrected chi connectivity index (χ4v) is 2.82. The maximum Gasteiger partial charge on any atom is 0.339 e. The van der Waals surface area contributed by atoms with Crippen LogP contribution >= 0.6 is 0 Å². The summed E-state index contributed by atoms with van der Waals surface area (Å²) >= 11 is 0. The van der Waals surface area contributed by atoms with Crippen molar-refractivity contribution in [3.63, 3.8) is 0 Å². The van der Waals surface area contributed by atoms with Crippen LogP contribution in [0.2, 0.25) is 0 Å². The smallest absolute Gasteiger partial charge is 0.339 e.